The van der Waals surface area contributed by atoms with Crippen LogP contribution in [0.1, 0.15) is 78.0 Å². The first kappa shape index (κ1) is 24.5. The third kappa shape index (κ3) is 3.39. The van der Waals surface area contributed by atoms with Crippen LogP contribution in [0, 0.1) is 13.8 Å². The number of para-hydroxylation sites is 2. The van der Waals surface area contributed by atoms with Gasteiger partial charge in [0.2, 0.25) is 0 Å². The van der Waals surface area contributed by atoms with Gasteiger partial charge in [0, 0.05) is 63.0 Å². The molecule has 0 N–H and O–H groups in total. The second-order valence-electron chi connectivity index (χ2n) is 10.6. The van der Waals surface area contributed by atoms with Crippen LogP contribution in [-0.4, -0.2) is 15.1 Å². The molecule has 4 nitrogen and oxygen atoms in total. The highest BCUT2D eigenvalue weighted by atomic mass is 16.6. The Hall–Kier alpha value is -3.79. The molecule has 5 aromatic rings. The first-order valence-corrected chi connectivity index (χ1v) is 14.0. The summed E-state index contributed by atoms with van der Waals surface area (Å²) in [6, 6.07) is 25.2. The van der Waals surface area contributed by atoms with Crippen LogP contribution in [0.2, 0.25) is 0 Å². The molecule has 1 aliphatic heterocycles. The number of benzene rings is 3. The molecule has 0 saturated heterocycles. The average molecular weight is 505 g/mol. The van der Waals surface area contributed by atoms with Crippen LogP contribution in [0.5, 0.6) is 0 Å². The predicted molar refractivity (Wildman–Crippen MR) is 155 cm³/mol. The van der Waals surface area contributed by atoms with Crippen molar-refractivity contribution in [3.8, 4) is 0 Å². The summed E-state index contributed by atoms with van der Waals surface area (Å²) in [5, 5.41) is 2.30. The van der Waals surface area contributed by atoms with E-state index in [0.29, 0.717) is 5.56 Å². The second kappa shape index (κ2) is 9.50. The quantitative estimate of drug-likeness (QED) is 0.199. The van der Waals surface area contributed by atoms with E-state index in [-0.39, 0.29) is 5.97 Å². The number of esters is 1. The minimum atomic E-state index is -1.03. The van der Waals surface area contributed by atoms with Gasteiger partial charge in [-0.1, -0.05) is 81.3 Å². The second-order valence-corrected chi connectivity index (χ2v) is 10.6. The molecule has 194 valence electrons. The number of hydrogen-bond acceptors (Lipinski definition) is 2. The van der Waals surface area contributed by atoms with E-state index in [4.69, 9.17) is 4.74 Å². The van der Waals surface area contributed by atoms with Crippen LogP contribution in [0.15, 0.2) is 72.8 Å². The minimum absolute atomic E-state index is 0.254. The van der Waals surface area contributed by atoms with Crippen LogP contribution in [0.3, 0.4) is 0 Å². The lowest BCUT2D eigenvalue weighted by Gasteiger charge is -2.31. The van der Waals surface area contributed by atoms with Gasteiger partial charge in [-0.2, -0.15) is 0 Å². The van der Waals surface area contributed by atoms with E-state index in [1.54, 1.807) is 0 Å². The Labute approximate surface area is 224 Å². The Morgan fingerprint density at radius 2 is 1.16 bits per heavy atom. The summed E-state index contributed by atoms with van der Waals surface area (Å²) in [7, 11) is 0. The van der Waals surface area contributed by atoms with Crippen LogP contribution in [0.4, 0.5) is 0 Å². The van der Waals surface area contributed by atoms with Crippen molar-refractivity contribution >= 4 is 27.8 Å². The van der Waals surface area contributed by atoms with E-state index in [1.165, 1.54) is 11.0 Å². The smallest absolute Gasteiger partial charge is 0.340 e. The topological polar surface area (TPSA) is 36.2 Å². The fourth-order valence-electron chi connectivity index (χ4n) is 6.67. The van der Waals surface area contributed by atoms with Gasteiger partial charge in [0.25, 0.3) is 0 Å². The summed E-state index contributed by atoms with van der Waals surface area (Å²) in [6.07, 6.45) is 4.43. The van der Waals surface area contributed by atoms with Gasteiger partial charge in [-0.25, -0.2) is 4.79 Å². The van der Waals surface area contributed by atoms with Gasteiger partial charge in [0.05, 0.1) is 5.56 Å². The van der Waals surface area contributed by atoms with Gasteiger partial charge in [-0.15, -0.1) is 0 Å². The number of unbranched alkanes of at least 4 members (excludes halogenated alkanes) is 2. The lowest BCUT2D eigenvalue weighted by atomic mass is 9.77. The van der Waals surface area contributed by atoms with E-state index in [2.05, 4.69) is 91.4 Å². The molecule has 4 heteroatoms. The molecule has 3 heterocycles. The highest BCUT2D eigenvalue weighted by Crippen LogP contribution is 2.54. The zero-order chi connectivity index (χ0) is 26.4. The van der Waals surface area contributed by atoms with Gasteiger partial charge in [-0.05, 0) is 44.9 Å². The molecule has 3 aromatic carbocycles. The van der Waals surface area contributed by atoms with Gasteiger partial charge in [0.1, 0.15) is 0 Å². The van der Waals surface area contributed by atoms with E-state index in [1.807, 2.05) is 18.2 Å². The molecule has 6 rings (SSSR count). The van der Waals surface area contributed by atoms with Gasteiger partial charge < -0.3 is 13.9 Å². The molecule has 0 radical (unpaired) electrons. The van der Waals surface area contributed by atoms with E-state index in [9.17, 15) is 4.79 Å². The monoisotopic (exact) mass is 504 g/mol. The lowest BCUT2D eigenvalue weighted by Crippen LogP contribution is -2.31. The number of aryl methyl sites for hydroxylation is 2. The van der Waals surface area contributed by atoms with Crippen LogP contribution < -0.4 is 0 Å². The molecule has 2 aromatic heterocycles. The Kier molecular flexibility index (Phi) is 6.14. The molecule has 1 aliphatic rings. The Balaban J connectivity index is 1.78. The predicted octanol–water partition coefficient (Wildman–Crippen LogP) is 8.28. The van der Waals surface area contributed by atoms with Crippen LogP contribution in [-0.2, 0) is 23.4 Å². The standard InChI is InChI=1S/C34H36N2O2/c1-5-7-21-35-23(3)31(26-16-10-13-19-29(26)35)34(28-18-12-9-15-25(28)33(37)38-34)32-24(4)36(22-8-6-2)30-20-14-11-17-27(30)32/h9-20H,5-8,21-22H2,1-4H3. The summed E-state index contributed by atoms with van der Waals surface area (Å²) in [6.45, 7) is 10.7. The number of carbonyl (C=O) groups is 1. The Bertz CT molecular complexity index is 1580. The first-order chi connectivity index (χ1) is 18.5. The van der Waals surface area contributed by atoms with Gasteiger partial charge in [0.15, 0.2) is 5.60 Å². The lowest BCUT2D eigenvalue weighted by molar-refractivity contribution is 0.0255. The third-order valence-electron chi connectivity index (χ3n) is 8.41. The largest absolute Gasteiger partial charge is 0.440 e. The van der Waals surface area contributed by atoms with Crippen molar-refractivity contribution in [1.29, 1.82) is 0 Å². The number of aromatic nitrogens is 2. The van der Waals surface area contributed by atoms with Gasteiger partial charge >= 0.3 is 5.97 Å². The van der Waals surface area contributed by atoms with E-state index >= 15 is 0 Å². The SMILES string of the molecule is CCCCn1c(C)c(C2(c3c(C)n(CCCC)c4ccccc34)OC(=O)c3ccccc32)c2ccccc21. The number of nitrogens with zero attached hydrogens (tertiary/aromatic N) is 2. The molecular weight excluding hydrogens is 468 g/mol. The molecule has 0 fully saturated rings. The molecule has 0 bridgehead atoms. The van der Waals surface area contributed by atoms with Crippen LogP contribution in [0.25, 0.3) is 21.8 Å². The third-order valence-corrected chi connectivity index (χ3v) is 8.41. The normalized spacial score (nSPS) is 14.4. The highest BCUT2D eigenvalue weighted by molar-refractivity contribution is 6.01. The molecule has 38 heavy (non-hydrogen) atoms. The van der Waals surface area contributed by atoms with Crippen molar-refractivity contribution in [2.75, 3.05) is 0 Å². The van der Waals surface area contributed by atoms with Crippen LogP contribution >= 0.6 is 0 Å². The van der Waals surface area contributed by atoms with Crippen molar-refractivity contribution in [2.24, 2.45) is 0 Å². The number of carbonyl (C=O) groups excluding carboxylic acids is 1. The fraction of sp³-hybridized carbons (Fsp3) is 0.324. The summed E-state index contributed by atoms with van der Waals surface area (Å²) < 4.78 is 11.6. The maximum Gasteiger partial charge on any atom is 0.340 e. The van der Waals surface area contributed by atoms with Crippen molar-refractivity contribution < 1.29 is 9.53 Å². The Morgan fingerprint density at radius 1 is 0.684 bits per heavy atom. The number of hydrogen-bond donors (Lipinski definition) is 0. The van der Waals surface area contributed by atoms with E-state index in [0.717, 1.165) is 77.6 Å². The van der Waals surface area contributed by atoms with E-state index < -0.39 is 5.60 Å². The average Bonchev–Trinajstić information content (AvgIpc) is 3.50. The number of ether oxygens (including phenoxy) is 1. The molecule has 0 unspecified atom stereocenters. The van der Waals surface area contributed by atoms with Crippen molar-refractivity contribution in [2.45, 2.75) is 72.1 Å². The number of fused-ring (bicyclic) bond motifs is 3. The van der Waals surface area contributed by atoms with Crippen molar-refractivity contribution in [3.63, 3.8) is 0 Å². The number of rotatable bonds is 8. The summed E-state index contributed by atoms with van der Waals surface area (Å²) in [4.78, 5) is 13.6. The maximum atomic E-state index is 13.6. The molecular formula is C34H36N2O2. The number of cyclic esters (lactones) is 1. The molecule has 0 amide bonds. The first-order valence-electron chi connectivity index (χ1n) is 14.0. The highest BCUT2D eigenvalue weighted by Gasteiger charge is 2.53. The minimum Gasteiger partial charge on any atom is -0.440 e. The van der Waals surface area contributed by atoms with Gasteiger partial charge in [-0.3, -0.25) is 0 Å². The zero-order valence-electron chi connectivity index (χ0n) is 22.9. The summed E-state index contributed by atoms with van der Waals surface area (Å²) in [5.74, 6) is -0.254. The fourth-order valence-corrected chi connectivity index (χ4v) is 6.67. The maximum absolute atomic E-state index is 13.6. The summed E-state index contributed by atoms with van der Waals surface area (Å²) in [5.41, 5.74) is 7.45. The van der Waals surface area contributed by atoms with Crippen molar-refractivity contribution in [1.82, 2.24) is 9.13 Å². The molecule has 0 saturated carbocycles. The van der Waals surface area contributed by atoms with Crippen molar-refractivity contribution in [3.05, 3.63) is 106 Å². The molecule has 0 spiro atoms. The Morgan fingerprint density at radius 3 is 1.68 bits per heavy atom. The molecule has 0 aliphatic carbocycles. The zero-order valence-corrected chi connectivity index (χ0v) is 22.9. The molecule has 0 atom stereocenters. The summed E-state index contributed by atoms with van der Waals surface area (Å²) >= 11 is 0.